The number of nitrogens with one attached hydrogen (secondary N) is 1. The van der Waals surface area contributed by atoms with Crippen LogP contribution >= 0.6 is 0 Å². The smallest absolute Gasteiger partial charge is 0.244 e. The lowest BCUT2D eigenvalue weighted by Crippen LogP contribution is -2.43. The Morgan fingerprint density at radius 2 is 2.04 bits per heavy atom. The van der Waals surface area contributed by atoms with Crippen LogP contribution in [0.3, 0.4) is 0 Å². The number of rotatable bonds is 5. The highest BCUT2D eigenvalue weighted by Gasteiger charge is 2.25. The van der Waals surface area contributed by atoms with Crippen LogP contribution < -0.4 is 10.1 Å². The molecule has 6 nitrogen and oxygen atoms in total. The van der Waals surface area contributed by atoms with Crippen LogP contribution in [-0.4, -0.2) is 52.9 Å². The zero-order chi connectivity index (χ0) is 19.3. The summed E-state index contributed by atoms with van der Waals surface area (Å²) >= 11 is 0. The number of nitrogens with zero attached hydrogens (tertiary/aromatic N) is 3. The summed E-state index contributed by atoms with van der Waals surface area (Å²) in [7, 11) is 0. The van der Waals surface area contributed by atoms with E-state index in [4.69, 9.17) is 4.74 Å². The molecule has 2 aliphatic rings. The molecule has 0 unspecified atom stereocenters. The summed E-state index contributed by atoms with van der Waals surface area (Å²) in [4.78, 5) is 14.5. The standard InChI is InChI=1S/C21H27FN4O2/c22-18-5-1-2-6-20(18)28-17-7-11-25(12-8-17)21(27)15-26-13-9-19(24-26)16-4-3-10-23-14-16/h1-2,5-6,9,13,16-17,23H,3-4,7-8,10-12,14-15H2/t16-/m1/s1. The molecular weight excluding hydrogens is 359 g/mol. The number of ether oxygens (including phenoxy) is 1. The second-order valence-corrected chi connectivity index (χ2v) is 7.61. The maximum absolute atomic E-state index is 13.7. The summed E-state index contributed by atoms with van der Waals surface area (Å²) in [6, 6.07) is 8.48. The van der Waals surface area contributed by atoms with Crippen LogP contribution in [0.4, 0.5) is 4.39 Å². The zero-order valence-electron chi connectivity index (χ0n) is 16.0. The van der Waals surface area contributed by atoms with Gasteiger partial charge in [-0.2, -0.15) is 5.10 Å². The van der Waals surface area contributed by atoms with Crippen molar-refractivity contribution in [1.29, 1.82) is 0 Å². The molecule has 4 rings (SSSR count). The number of hydrogen-bond donors (Lipinski definition) is 1. The number of piperidine rings is 2. The Labute approximate surface area is 164 Å². The number of hydrogen-bond acceptors (Lipinski definition) is 4. The summed E-state index contributed by atoms with van der Waals surface area (Å²) in [5.41, 5.74) is 1.07. The number of benzene rings is 1. The predicted octanol–water partition coefficient (Wildman–Crippen LogP) is 2.56. The molecule has 0 spiro atoms. The van der Waals surface area contributed by atoms with Gasteiger partial charge in [-0.15, -0.1) is 0 Å². The van der Waals surface area contributed by atoms with E-state index in [9.17, 15) is 9.18 Å². The number of aromatic nitrogens is 2. The number of carbonyl (C=O) groups excluding carboxylic acids is 1. The lowest BCUT2D eigenvalue weighted by Gasteiger charge is -2.32. The van der Waals surface area contributed by atoms with E-state index in [1.807, 2.05) is 17.2 Å². The molecule has 1 aromatic carbocycles. The van der Waals surface area contributed by atoms with Crippen LogP contribution in [0.25, 0.3) is 0 Å². The average Bonchev–Trinajstić information content (AvgIpc) is 3.19. The Hall–Kier alpha value is -2.41. The minimum Gasteiger partial charge on any atom is -0.487 e. The van der Waals surface area contributed by atoms with Crippen molar-refractivity contribution >= 4 is 5.91 Å². The van der Waals surface area contributed by atoms with Gasteiger partial charge in [0.1, 0.15) is 12.6 Å². The zero-order valence-corrected chi connectivity index (χ0v) is 16.0. The summed E-state index contributed by atoms with van der Waals surface area (Å²) in [5.74, 6) is 0.453. The first-order valence-electron chi connectivity index (χ1n) is 10.1. The van der Waals surface area contributed by atoms with E-state index < -0.39 is 0 Å². The maximum atomic E-state index is 13.7. The van der Waals surface area contributed by atoms with Crippen molar-refractivity contribution in [2.45, 2.75) is 44.2 Å². The lowest BCUT2D eigenvalue weighted by atomic mass is 9.97. The third kappa shape index (κ3) is 4.52. The van der Waals surface area contributed by atoms with Gasteiger partial charge >= 0.3 is 0 Å². The fraction of sp³-hybridized carbons (Fsp3) is 0.524. The normalized spacial score (nSPS) is 20.9. The van der Waals surface area contributed by atoms with Gasteiger partial charge in [0.15, 0.2) is 11.6 Å². The van der Waals surface area contributed by atoms with Gasteiger partial charge in [-0.1, -0.05) is 12.1 Å². The van der Waals surface area contributed by atoms with E-state index in [0.29, 0.717) is 31.8 Å². The quantitative estimate of drug-likeness (QED) is 0.858. The van der Waals surface area contributed by atoms with Crippen LogP contribution in [0.5, 0.6) is 5.75 Å². The van der Waals surface area contributed by atoms with Gasteiger partial charge in [0.05, 0.1) is 5.69 Å². The summed E-state index contributed by atoms with van der Waals surface area (Å²) in [5, 5.41) is 8.01. The summed E-state index contributed by atoms with van der Waals surface area (Å²) in [6.07, 6.45) is 5.57. The first-order valence-corrected chi connectivity index (χ1v) is 10.1. The Morgan fingerprint density at radius 1 is 1.21 bits per heavy atom. The predicted molar refractivity (Wildman–Crippen MR) is 104 cm³/mol. The molecular formula is C21H27FN4O2. The molecule has 1 aromatic heterocycles. The number of amides is 1. The topological polar surface area (TPSA) is 59.4 Å². The highest BCUT2D eigenvalue weighted by molar-refractivity contribution is 5.76. The third-order valence-electron chi connectivity index (χ3n) is 5.60. The van der Waals surface area contributed by atoms with Gasteiger partial charge < -0.3 is 15.0 Å². The fourth-order valence-corrected chi connectivity index (χ4v) is 3.97. The Morgan fingerprint density at radius 3 is 2.79 bits per heavy atom. The van der Waals surface area contributed by atoms with Crippen molar-refractivity contribution in [1.82, 2.24) is 20.0 Å². The van der Waals surface area contributed by atoms with Gasteiger partial charge in [0, 0.05) is 44.6 Å². The molecule has 1 atom stereocenters. The van der Waals surface area contributed by atoms with Crippen molar-refractivity contribution in [2.75, 3.05) is 26.2 Å². The van der Waals surface area contributed by atoms with E-state index in [-0.39, 0.29) is 30.1 Å². The molecule has 3 heterocycles. The van der Waals surface area contributed by atoms with Gasteiger partial charge in [-0.3, -0.25) is 9.48 Å². The van der Waals surface area contributed by atoms with Crippen molar-refractivity contribution in [3.63, 3.8) is 0 Å². The highest BCUT2D eigenvalue weighted by atomic mass is 19.1. The molecule has 1 amide bonds. The van der Waals surface area contributed by atoms with Gasteiger partial charge in [-0.05, 0) is 37.6 Å². The van der Waals surface area contributed by atoms with Gasteiger partial charge in [0.25, 0.3) is 0 Å². The van der Waals surface area contributed by atoms with Crippen LogP contribution in [0.2, 0.25) is 0 Å². The summed E-state index contributed by atoms with van der Waals surface area (Å²) in [6.45, 7) is 3.54. The molecule has 7 heteroatoms. The number of para-hydroxylation sites is 1. The van der Waals surface area contributed by atoms with Crippen molar-refractivity contribution in [3.05, 3.63) is 48.0 Å². The molecule has 150 valence electrons. The Balaban J connectivity index is 1.26. The largest absolute Gasteiger partial charge is 0.487 e. The molecule has 1 N–H and O–H groups in total. The molecule has 0 radical (unpaired) electrons. The second kappa shape index (κ2) is 8.73. The third-order valence-corrected chi connectivity index (χ3v) is 5.60. The minimum absolute atomic E-state index is 0.0592. The monoisotopic (exact) mass is 386 g/mol. The molecule has 2 fully saturated rings. The SMILES string of the molecule is O=C(Cn1ccc([C@@H]2CCCNC2)n1)N1CCC(Oc2ccccc2F)CC1. The molecule has 0 bridgehead atoms. The van der Waals surface area contributed by atoms with E-state index in [0.717, 1.165) is 25.2 Å². The molecule has 0 aliphatic carbocycles. The van der Waals surface area contributed by atoms with Crippen LogP contribution in [-0.2, 0) is 11.3 Å². The first-order chi connectivity index (χ1) is 13.7. The molecule has 28 heavy (non-hydrogen) atoms. The maximum Gasteiger partial charge on any atom is 0.244 e. The molecule has 2 aromatic rings. The average molecular weight is 386 g/mol. The van der Waals surface area contributed by atoms with Crippen LogP contribution in [0.1, 0.15) is 37.3 Å². The van der Waals surface area contributed by atoms with E-state index >= 15 is 0 Å². The highest BCUT2D eigenvalue weighted by Crippen LogP contribution is 2.23. The van der Waals surface area contributed by atoms with Crippen LogP contribution in [0, 0.1) is 5.82 Å². The van der Waals surface area contributed by atoms with Crippen molar-refractivity contribution in [2.24, 2.45) is 0 Å². The molecule has 2 saturated heterocycles. The van der Waals surface area contributed by atoms with Crippen molar-refractivity contribution < 1.29 is 13.9 Å². The van der Waals surface area contributed by atoms with E-state index in [1.165, 1.54) is 12.5 Å². The van der Waals surface area contributed by atoms with Crippen molar-refractivity contribution in [3.8, 4) is 5.75 Å². The summed E-state index contributed by atoms with van der Waals surface area (Å²) < 4.78 is 21.2. The van der Waals surface area contributed by atoms with E-state index in [1.54, 1.807) is 22.9 Å². The fourth-order valence-electron chi connectivity index (χ4n) is 3.97. The first kappa shape index (κ1) is 18.9. The Kier molecular flexibility index (Phi) is 5.90. The number of halogens is 1. The molecule has 2 aliphatic heterocycles. The number of carbonyl (C=O) groups is 1. The number of likely N-dealkylation sites (tertiary alicyclic amines) is 1. The minimum atomic E-state index is -0.344. The lowest BCUT2D eigenvalue weighted by molar-refractivity contribution is -0.133. The second-order valence-electron chi connectivity index (χ2n) is 7.61. The van der Waals surface area contributed by atoms with Crippen LogP contribution in [0.15, 0.2) is 36.5 Å². The van der Waals surface area contributed by atoms with Gasteiger partial charge in [0.2, 0.25) is 5.91 Å². The Bertz CT molecular complexity index is 795. The molecule has 0 saturated carbocycles. The van der Waals surface area contributed by atoms with E-state index in [2.05, 4.69) is 10.4 Å². The van der Waals surface area contributed by atoms with Gasteiger partial charge in [-0.25, -0.2) is 4.39 Å².